The van der Waals surface area contributed by atoms with Crippen LogP contribution < -0.4 is 5.32 Å². The Labute approximate surface area is 207 Å². The van der Waals surface area contributed by atoms with Crippen molar-refractivity contribution in [1.82, 2.24) is 24.6 Å². The molecule has 0 saturated carbocycles. The largest absolute Gasteiger partial charge is 0.478 e. The van der Waals surface area contributed by atoms with Gasteiger partial charge in [0.25, 0.3) is 0 Å². The van der Waals surface area contributed by atoms with Crippen molar-refractivity contribution in [2.24, 2.45) is 0 Å². The molecule has 0 unspecified atom stereocenters. The maximum absolute atomic E-state index is 12.3. The standard InChI is InChI=1S/C24H27ClN6O4/c1-24(2,3)35-23(34)30-10-8-18(9-11-30)31-14-17(12-27-31)28-22-26-13-19(25)20(29-22)15-4-6-16(7-5-15)21(32)33/h4-7,12-14,18H,8-11H2,1-3H3,(H,32,33)(H,26,28,29). The fourth-order valence-corrected chi connectivity index (χ4v) is 3.97. The SMILES string of the molecule is CC(C)(C)OC(=O)N1CCC(n2cc(Nc3ncc(Cl)c(-c4ccc(C(=O)O)cc4)n3)cn2)CC1. The van der Waals surface area contributed by atoms with Crippen LogP contribution in [0.4, 0.5) is 16.4 Å². The number of aromatic nitrogens is 4. The Morgan fingerprint density at radius 2 is 1.83 bits per heavy atom. The van der Waals surface area contributed by atoms with E-state index in [2.05, 4.69) is 20.4 Å². The van der Waals surface area contributed by atoms with Gasteiger partial charge in [-0.3, -0.25) is 4.68 Å². The van der Waals surface area contributed by atoms with Crippen molar-refractivity contribution in [3.63, 3.8) is 0 Å². The number of likely N-dealkylation sites (tertiary alicyclic amines) is 1. The van der Waals surface area contributed by atoms with E-state index in [0.717, 1.165) is 12.8 Å². The van der Waals surface area contributed by atoms with Crippen LogP contribution in [0.25, 0.3) is 11.3 Å². The summed E-state index contributed by atoms with van der Waals surface area (Å²) >= 11 is 6.29. The number of anilines is 2. The average molecular weight is 499 g/mol. The summed E-state index contributed by atoms with van der Waals surface area (Å²) in [6.07, 6.45) is 6.33. The number of nitrogens with zero attached hydrogens (tertiary/aromatic N) is 5. The van der Waals surface area contributed by atoms with Crippen molar-refractivity contribution in [1.29, 1.82) is 0 Å². The number of halogens is 1. The summed E-state index contributed by atoms with van der Waals surface area (Å²) in [6, 6.07) is 6.48. The van der Waals surface area contributed by atoms with Crippen LogP contribution in [0, 0.1) is 0 Å². The van der Waals surface area contributed by atoms with Crippen LogP contribution >= 0.6 is 11.6 Å². The summed E-state index contributed by atoms with van der Waals surface area (Å²) in [7, 11) is 0. The Bertz CT molecular complexity index is 1210. The molecule has 0 aliphatic carbocycles. The highest BCUT2D eigenvalue weighted by molar-refractivity contribution is 6.32. The molecule has 0 radical (unpaired) electrons. The molecule has 1 aliphatic rings. The van der Waals surface area contributed by atoms with Gasteiger partial charge in [0, 0.05) is 24.8 Å². The molecule has 2 N–H and O–H groups in total. The number of piperidine rings is 1. The second kappa shape index (κ2) is 9.91. The molecule has 4 rings (SSSR count). The minimum atomic E-state index is -1.000. The zero-order valence-corrected chi connectivity index (χ0v) is 20.5. The van der Waals surface area contributed by atoms with E-state index < -0.39 is 11.6 Å². The molecule has 1 aromatic carbocycles. The number of carboxylic acids is 1. The Balaban J connectivity index is 1.40. The van der Waals surface area contributed by atoms with Crippen molar-refractivity contribution in [3.8, 4) is 11.3 Å². The summed E-state index contributed by atoms with van der Waals surface area (Å²) in [5, 5.41) is 17.1. The molecule has 11 heteroatoms. The summed E-state index contributed by atoms with van der Waals surface area (Å²) in [5.74, 6) is -0.661. The number of benzene rings is 1. The number of hydrogen-bond acceptors (Lipinski definition) is 7. The second-order valence-electron chi connectivity index (χ2n) is 9.31. The molecule has 184 valence electrons. The molecule has 3 heterocycles. The number of carbonyl (C=O) groups excluding carboxylic acids is 1. The number of rotatable bonds is 5. The Morgan fingerprint density at radius 1 is 1.14 bits per heavy atom. The lowest BCUT2D eigenvalue weighted by Gasteiger charge is -2.33. The average Bonchev–Trinajstić information content (AvgIpc) is 3.28. The van der Waals surface area contributed by atoms with Gasteiger partial charge in [-0.25, -0.2) is 19.6 Å². The lowest BCUT2D eigenvalue weighted by Crippen LogP contribution is -2.42. The second-order valence-corrected chi connectivity index (χ2v) is 9.71. The molecule has 0 spiro atoms. The number of aromatic carboxylic acids is 1. The lowest BCUT2D eigenvalue weighted by atomic mass is 10.1. The van der Waals surface area contributed by atoms with Gasteiger partial charge >= 0.3 is 12.1 Å². The lowest BCUT2D eigenvalue weighted by molar-refractivity contribution is 0.0184. The van der Waals surface area contributed by atoms with Crippen LogP contribution in [0.1, 0.15) is 50.0 Å². The van der Waals surface area contributed by atoms with Gasteiger partial charge in [-0.2, -0.15) is 5.10 Å². The Kier molecular flexibility index (Phi) is 6.93. The first-order valence-corrected chi connectivity index (χ1v) is 11.6. The predicted octanol–water partition coefficient (Wildman–Crippen LogP) is 5.01. The number of carboxylic acid groups (broad SMARTS) is 1. The molecule has 10 nitrogen and oxygen atoms in total. The van der Waals surface area contributed by atoms with E-state index in [1.54, 1.807) is 23.2 Å². The number of amides is 1. The molecule has 0 atom stereocenters. The van der Waals surface area contributed by atoms with E-state index >= 15 is 0 Å². The molecule has 35 heavy (non-hydrogen) atoms. The smallest absolute Gasteiger partial charge is 0.410 e. The van der Waals surface area contributed by atoms with Crippen molar-refractivity contribution in [2.75, 3.05) is 18.4 Å². The maximum Gasteiger partial charge on any atom is 0.410 e. The van der Waals surface area contributed by atoms with Crippen LogP contribution in [-0.2, 0) is 4.74 Å². The van der Waals surface area contributed by atoms with Gasteiger partial charge in [0.15, 0.2) is 0 Å². The van der Waals surface area contributed by atoms with Crippen LogP contribution in [-0.4, -0.2) is 60.5 Å². The normalized spacial score (nSPS) is 14.6. The molecular formula is C24H27ClN6O4. The zero-order chi connectivity index (χ0) is 25.2. The minimum absolute atomic E-state index is 0.165. The summed E-state index contributed by atoms with van der Waals surface area (Å²) in [6.45, 7) is 6.79. The Hall–Kier alpha value is -3.66. The molecular weight excluding hydrogens is 472 g/mol. The summed E-state index contributed by atoms with van der Waals surface area (Å²) in [4.78, 5) is 33.8. The van der Waals surface area contributed by atoms with E-state index in [1.807, 2.05) is 31.6 Å². The van der Waals surface area contributed by atoms with Crippen molar-refractivity contribution in [3.05, 3.63) is 53.4 Å². The first-order valence-electron chi connectivity index (χ1n) is 11.2. The first kappa shape index (κ1) is 24.5. The Morgan fingerprint density at radius 3 is 2.46 bits per heavy atom. The van der Waals surface area contributed by atoms with Crippen molar-refractivity contribution >= 4 is 35.3 Å². The predicted molar refractivity (Wildman–Crippen MR) is 131 cm³/mol. The van der Waals surface area contributed by atoms with Gasteiger partial charge < -0.3 is 20.1 Å². The molecule has 1 amide bonds. The van der Waals surface area contributed by atoms with Gasteiger partial charge in [0.05, 0.1) is 40.4 Å². The van der Waals surface area contributed by atoms with Crippen LogP contribution in [0.15, 0.2) is 42.9 Å². The fourth-order valence-electron chi connectivity index (χ4n) is 3.77. The van der Waals surface area contributed by atoms with Crippen molar-refractivity contribution in [2.45, 2.75) is 45.3 Å². The summed E-state index contributed by atoms with van der Waals surface area (Å²) < 4.78 is 7.35. The van der Waals surface area contributed by atoms with E-state index in [9.17, 15) is 9.59 Å². The number of carbonyl (C=O) groups is 2. The third-order valence-corrected chi connectivity index (χ3v) is 5.77. The monoisotopic (exact) mass is 498 g/mol. The number of ether oxygens (including phenoxy) is 1. The highest BCUT2D eigenvalue weighted by atomic mass is 35.5. The van der Waals surface area contributed by atoms with Crippen LogP contribution in [0.2, 0.25) is 5.02 Å². The maximum atomic E-state index is 12.3. The highest BCUT2D eigenvalue weighted by Gasteiger charge is 2.28. The third-order valence-electron chi connectivity index (χ3n) is 5.50. The van der Waals surface area contributed by atoms with Crippen LogP contribution in [0.3, 0.4) is 0 Å². The summed E-state index contributed by atoms with van der Waals surface area (Å²) in [5.41, 5.74) is 1.55. The third kappa shape index (κ3) is 6.07. The molecule has 1 fully saturated rings. The van der Waals surface area contributed by atoms with Crippen LogP contribution in [0.5, 0.6) is 0 Å². The quantitative estimate of drug-likeness (QED) is 0.503. The number of hydrogen-bond donors (Lipinski definition) is 2. The van der Waals surface area contributed by atoms with Gasteiger partial charge in [0.1, 0.15) is 5.60 Å². The van der Waals surface area contributed by atoms with Gasteiger partial charge in [-0.15, -0.1) is 0 Å². The first-order chi connectivity index (χ1) is 16.6. The van der Waals surface area contributed by atoms with E-state index in [-0.39, 0.29) is 17.7 Å². The van der Waals surface area contributed by atoms with E-state index in [0.29, 0.717) is 41.0 Å². The molecule has 1 saturated heterocycles. The highest BCUT2D eigenvalue weighted by Crippen LogP contribution is 2.28. The molecule has 1 aliphatic heterocycles. The minimum Gasteiger partial charge on any atom is -0.478 e. The molecule has 0 bridgehead atoms. The fraction of sp³-hybridized carbons (Fsp3) is 0.375. The van der Waals surface area contributed by atoms with Crippen molar-refractivity contribution < 1.29 is 19.4 Å². The van der Waals surface area contributed by atoms with Gasteiger partial charge in [-0.05, 0) is 45.7 Å². The molecule has 3 aromatic rings. The van der Waals surface area contributed by atoms with Gasteiger partial charge in [0.2, 0.25) is 5.95 Å². The topological polar surface area (TPSA) is 122 Å². The number of nitrogens with one attached hydrogen (secondary N) is 1. The zero-order valence-electron chi connectivity index (χ0n) is 19.7. The molecule has 2 aromatic heterocycles. The van der Waals surface area contributed by atoms with E-state index in [4.69, 9.17) is 21.4 Å². The van der Waals surface area contributed by atoms with Gasteiger partial charge in [-0.1, -0.05) is 23.7 Å². The van der Waals surface area contributed by atoms with E-state index in [1.165, 1.54) is 18.3 Å².